The molecule has 1 saturated carbocycles. The molecule has 0 aromatic heterocycles. The number of hydrazine groups is 1. The zero-order chi connectivity index (χ0) is 30.9. The highest BCUT2D eigenvalue weighted by atomic mass is 127. The third kappa shape index (κ3) is 4.03. The van der Waals surface area contributed by atoms with E-state index in [-0.39, 0.29) is 29.7 Å². The summed E-state index contributed by atoms with van der Waals surface area (Å²) in [5, 5.41) is 14.4. The summed E-state index contributed by atoms with van der Waals surface area (Å²) in [5.74, 6) is -4.37. The van der Waals surface area contributed by atoms with Gasteiger partial charge in [-0.2, -0.15) is 5.01 Å². The fourth-order valence-corrected chi connectivity index (χ4v) is 8.57. The van der Waals surface area contributed by atoms with Crippen molar-refractivity contribution >= 4 is 51.9 Å². The number of phenols is 1. The van der Waals surface area contributed by atoms with Crippen molar-refractivity contribution in [2.24, 2.45) is 23.7 Å². The van der Waals surface area contributed by atoms with Crippen LogP contribution in [0.5, 0.6) is 11.5 Å². The Bertz CT molecular complexity index is 1760. The first kappa shape index (κ1) is 28.6. The number of aromatic hydroxyl groups is 1. The number of nitrogens with one attached hydrogen (secondary N) is 2. The molecule has 0 unspecified atom stereocenters. The van der Waals surface area contributed by atoms with Crippen molar-refractivity contribution in [1.29, 1.82) is 0 Å². The zero-order valence-corrected chi connectivity index (χ0v) is 26.2. The highest BCUT2D eigenvalue weighted by Crippen LogP contribution is 2.64. The predicted molar refractivity (Wildman–Crippen MR) is 169 cm³/mol. The van der Waals surface area contributed by atoms with Crippen LogP contribution in [0.4, 0.5) is 5.69 Å². The SMILES string of the molecule is COc1cc([C@H]2C3=CC[C@@H]4C(=O)NC(=O)[C@@H]4[C@@H]3C[C@H]3C(=O)N(Nc4ccc(C)cc4)C(=O)[C@@]23c2ccccc2)cc(I)c1O. The van der Waals surface area contributed by atoms with E-state index in [1.165, 1.54) is 7.11 Å². The van der Waals surface area contributed by atoms with Crippen LogP contribution in [0, 0.1) is 34.2 Å². The Kier molecular flexibility index (Phi) is 6.80. The van der Waals surface area contributed by atoms with Crippen LogP contribution in [0.15, 0.2) is 78.4 Å². The summed E-state index contributed by atoms with van der Waals surface area (Å²) in [6.07, 6.45) is 2.57. The molecule has 2 aliphatic heterocycles. The van der Waals surface area contributed by atoms with E-state index in [0.29, 0.717) is 26.8 Å². The summed E-state index contributed by atoms with van der Waals surface area (Å²) in [7, 11) is 1.46. The number of nitrogens with zero attached hydrogens (tertiary/aromatic N) is 1. The molecule has 2 heterocycles. The summed E-state index contributed by atoms with van der Waals surface area (Å²) in [4.78, 5) is 55.6. The Morgan fingerprint density at radius 2 is 1.73 bits per heavy atom. The minimum Gasteiger partial charge on any atom is -0.504 e. The number of aryl methyl sites for hydroxylation is 1. The summed E-state index contributed by atoms with van der Waals surface area (Å²) < 4.78 is 6.07. The Labute approximate surface area is 267 Å². The van der Waals surface area contributed by atoms with E-state index in [2.05, 4.69) is 10.7 Å². The van der Waals surface area contributed by atoms with Crippen LogP contribution in [-0.2, 0) is 24.6 Å². The Hall–Kier alpha value is -4.19. The van der Waals surface area contributed by atoms with Gasteiger partial charge in [-0.15, -0.1) is 0 Å². The molecule has 3 aromatic carbocycles. The maximum Gasteiger partial charge on any atom is 0.260 e. The van der Waals surface area contributed by atoms with Gasteiger partial charge in [0.05, 0.1) is 39.5 Å². The number of phenolic OH excluding ortho intramolecular Hbond substituents is 1. The second-order valence-electron chi connectivity index (χ2n) is 12.0. The van der Waals surface area contributed by atoms with Gasteiger partial charge in [0.2, 0.25) is 11.8 Å². The van der Waals surface area contributed by atoms with Gasteiger partial charge in [0.15, 0.2) is 11.5 Å². The molecule has 3 N–H and O–H groups in total. The first-order valence-corrected chi connectivity index (χ1v) is 15.6. The Morgan fingerprint density at radius 1 is 1.00 bits per heavy atom. The van der Waals surface area contributed by atoms with Crippen molar-refractivity contribution in [3.8, 4) is 11.5 Å². The van der Waals surface area contributed by atoms with Crippen LogP contribution in [0.1, 0.15) is 35.4 Å². The standard InChI is InChI=1S/C34H30IN3O6/c1-17-8-10-20(11-9-17)37-38-32(42)24-16-23-21(12-13-22-27(23)31(41)36-30(22)40)28(18-14-25(35)29(39)26(15-18)44-2)34(24,33(38)43)19-6-4-3-5-7-19/h3-12,14-15,22-24,27-28,37,39H,13,16H2,1-2H3,(H,36,40,41)/t22-,23+,24-,27-,28-,34+/m0/s1. The normalized spacial score (nSPS) is 29.0. The average molecular weight is 704 g/mol. The molecule has 10 heteroatoms. The Morgan fingerprint density at radius 3 is 2.43 bits per heavy atom. The van der Waals surface area contributed by atoms with Crippen LogP contribution < -0.4 is 15.5 Å². The number of carbonyl (C=O) groups excluding carboxylic acids is 4. The number of imide groups is 2. The third-order valence-corrected chi connectivity index (χ3v) is 10.7. The summed E-state index contributed by atoms with van der Waals surface area (Å²) in [5.41, 5.74) is 5.54. The minimum atomic E-state index is -1.38. The van der Waals surface area contributed by atoms with Gasteiger partial charge in [-0.05, 0) is 83.7 Å². The number of halogens is 1. The second kappa shape index (κ2) is 10.5. The molecular formula is C34H30IN3O6. The molecule has 0 bridgehead atoms. The number of ether oxygens (including phenoxy) is 1. The molecule has 9 nitrogen and oxygen atoms in total. The summed E-state index contributed by atoms with van der Waals surface area (Å²) in [6.45, 7) is 1.96. The molecule has 44 heavy (non-hydrogen) atoms. The van der Waals surface area contributed by atoms with Crippen LogP contribution in [-0.4, -0.2) is 40.9 Å². The Balaban J connectivity index is 1.49. The van der Waals surface area contributed by atoms with Crippen molar-refractivity contribution < 1.29 is 29.0 Å². The molecule has 6 atom stereocenters. The van der Waals surface area contributed by atoms with E-state index in [0.717, 1.165) is 16.1 Å². The van der Waals surface area contributed by atoms with Gasteiger partial charge in [0, 0.05) is 5.92 Å². The van der Waals surface area contributed by atoms with Crippen molar-refractivity contribution in [2.75, 3.05) is 12.5 Å². The fraction of sp³-hybridized carbons (Fsp3) is 0.294. The minimum absolute atomic E-state index is 0.0236. The van der Waals surface area contributed by atoms with Crippen molar-refractivity contribution in [2.45, 2.75) is 31.1 Å². The number of methoxy groups -OCH3 is 1. The number of carbonyl (C=O) groups is 4. The number of allylic oxidation sites excluding steroid dienone is 2. The number of amides is 4. The molecule has 7 rings (SSSR count). The molecular weight excluding hydrogens is 673 g/mol. The number of hydrogen-bond donors (Lipinski definition) is 3. The summed E-state index contributed by atoms with van der Waals surface area (Å²) >= 11 is 2.03. The van der Waals surface area contributed by atoms with E-state index in [9.17, 15) is 19.5 Å². The highest BCUT2D eigenvalue weighted by molar-refractivity contribution is 14.1. The number of hydrogen-bond acceptors (Lipinski definition) is 7. The topological polar surface area (TPSA) is 125 Å². The lowest BCUT2D eigenvalue weighted by Gasteiger charge is -2.50. The lowest BCUT2D eigenvalue weighted by atomic mass is 9.49. The monoisotopic (exact) mass is 703 g/mol. The first-order chi connectivity index (χ1) is 21.2. The van der Waals surface area contributed by atoms with E-state index in [1.807, 2.05) is 96.3 Å². The predicted octanol–water partition coefficient (Wildman–Crippen LogP) is 4.59. The molecule has 2 saturated heterocycles. The lowest BCUT2D eigenvalue weighted by molar-refractivity contribution is -0.138. The van der Waals surface area contributed by atoms with Gasteiger partial charge >= 0.3 is 0 Å². The van der Waals surface area contributed by atoms with Crippen molar-refractivity contribution in [1.82, 2.24) is 10.3 Å². The van der Waals surface area contributed by atoms with Crippen molar-refractivity contribution in [3.63, 3.8) is 0 Å². The van der Waals surface area contributed by atoms with E-state index in [4.69, 9.17) is 4.74 Å². The lowest BCUT2D eigenvalue weighted by Crippen LogP contribution is -2.53. The maximum atomic E-state index is 15.1. The second-order valence-corrected chi connectivity index (χ2v) is 13.2. The number of fused-ring (bicyclic) bond motifs is 4. The van der Waals surface area contributed by atoms with E-state index >= 15 is 4.79 Å². The van der Waals surface area contributed by atoms with Crippen LogP contribution in [0.3, 0.4) is 0 Å². The first-order valence-electron chi connectivity index (χ1n) is 14.5. The smallest absolute Gasteiger partial charge is 0.260 e. The molecule has 2 aliphatic carbocycles. The van der Waals surface area contributed by atoms with E-state index in [1.54, 1.807) is 6.07 Å². The summed E-state index contributed by atoms with van der Waals surface area (Å²) in [6, 6.07) is 20.3. The molecule has 4 amide bonds. The van der Waals surface area contributed by atoms with Crippen LogP contribution in [0.2, 0.25) is 0 Å². The molecule has 3 fully saturated rings. The van der Waals surface area contributed by atoms with Gasteiger partial charge in [-0.1, -0.05) is 59.7 Å². The van der Waals surface area contributed by atoms with Gasteiger partial charge in [-0.25, -0.2) is 0 Å². The quantitative estimate of drug-likeness (QED) is 0.202. The molecule has 4 aliphatic rings. The highest BCUT2D eigenvalue weighted by Gasteiger charge is 2.70. The van der Waals surface area contributed by atoms with Crippen LogP contribution in [0.25, 0.3) is 0 Å². The molecule has 3 aromatic rings. The van der Waals surface area contributed by atoms with Gasteiger partial charge < -0.3 is 9.84 Å². The third-order valence-electron chi connectivity index (χ3n) is 9.84. The fourth-order valence-electron chi connectivity index (χ4n) is 7.95. The molecule has 0 spiro atoms. The number of anilines is 1. The number of benzene rings is 3. The van der Waals surface area contributed by atoms with E-state index < -0.39 is 46.8 Å². The van der Waals surface area contributed by atoms with Crippen LogP contribution >= 0.6 is 22.6 Å². The average Bonchev–Trinajstić information content (AvgIpc) is 3.43. The van der Waals surface area contributed by atoms with Gasteiger partial charge in [0.1, 0.15) is 0 Å². The largest absolute Gasteiger partial charge is 0.504 e. The maximum absolute atomic E-state index is 15.1. The zero-order valence-electron chi connectivity index (χ0n) is 24.0. The molecule has 0 radical (unpaired) electrons. The van der Waals surface area contributed by atoms with Crippen molar-refractivity contribution in [3.05, 3.63) is 98.6 Å². The molecule has 224 valence electrons. The number of rotatable bonds is 5. The van der Waals surface area contributed by atoms with Gasteiger partial charge in [0.25, 0.3) is 11.8 Å². The van der Waals surface area contributed by atoms with Gasteiger partial charge in [-0.3, -0.25) is 29.9 Å².